The molecule has 8 nitrogen and oxygen atoms in total. The van der Waals surface area contributed by atoms with E-state index in [1.807, 2.05) is 7.05 Å². The molecular weight excluding hydrogens is 278 g/mol. The number of non-ortho nitro benzene ring substituents is 1. The third-order valence-corrected chi connectivity index (χ3v) is 3.64. The first-order valence-electron chi connectivity index (χ1n) is 6.69. The summed E-state index contributed by atoms with van der Waals surface area (Å²) >= 11 is 0. The molecule has 1 aliphatic carbocycles. The fraction of sp³-hybridized carbons (Fsp3) is 0.538. The maximum atomic E-state index is 11.0. The zero-order valence-electron chi connectivity index (χ0n) is 11.7. The summed E-state index contributed by atoms with van der Waals surface area (Å²) in [4.78, 5) is 20.4. The van der Waals surface area contributed by atoms with Gasteiger partial charge in [0.25, 0.3) is 11.4 Å². The first kappa shape index (κ1) is 15.3. The van der Waals surface area contributed by atoms with Gasteiger partial charge in [0.2, 0.25) is 0 Å². The van der Waals surface area contributed by atoms with Crippen molar-refractivity contribution >= 4 is 11.4 Å². The predicted molar refractivity (Wildman–Crippen MR) is 75.0 cm³/mol. The second kappa shape index (κ2) is 6.59. The summed E-state index contributed by atoms with van der Waals surface area (Å²) in [7, 11) is 1.90. The van der Waals surface area contributed by atoms with Gasteiger partial charge in [0.05, 0.1) is 34.2 Å². The molecule has 1 fully saturated rings. The molecule has 8 heteroatoms. The van der Waals surface area contributed by atoms with E-state index >= 15 is 0 Å². The van der Waals surface area contributed by atoms with Gasteiger partial charge in [-0.15, -0.1) is 0 Å². The van der Waals surface area contributed by atoms with E-state index in [-0.39, 0.29) is 24.1 Å². The lowest BCUT2D eigenvalue weighted by atomic mass is 9.82. The van der Waals surface area contributed by atoms with Crippen LogP contribution in [0.3, 0.4) is 0 Å². The molecule has 2 rings (SSSR count). The summed E-state index contributed by atoms with van der Waals surface area (Å²) < 4.78 is 5.63. The summed E-state index contributed by atoms with van der Waals surface area (Å²) in [5.74, 6) is 0.590. The van der Waals surface area contributed by atoms with Crippen LogP contribution in [0.4, 0.5) is 11.4 Å². The largest absolute Gasteiger partial charge is 0.373 e. The Kier molecular flexibility index (Phi) is 4.81. The highest BCUT2D eigenvalue weighted by Crippen LogP contribution is 2.31. The average Bonchev–Trinajstić information content (AvgIpc) is 2.40. The van der Waals surface area contributed by atoms with Crippen LogP contribution >= 0.6 is 0 Å². The van der Waals surface area contributed by atoms with Crippen molar-refractivity contribution in [3.8, 4) is 0 Å². The molecule has 0 aliphatic heterocycles. The molecule has 0 heterocycles. The van der Waals surface area contributed by atoms with Crippen LogP contribution < -0.4 is 5.32 Å². The Morgan fingerprint density at radius 2 is 2.00 bits per heavy atom. The molecule has 0 saturated heterocycles. The van der Waals surface area contributed by atoms with Gasteiger partial charge >= 0.3 is 0 Å². The number of hydrogen-bond acceptors (Lipinski definition) is 6. The molecule has 0 unspecified atom stereocenters. The average molecular weight is 295 g/mol. The number of nitro benzene ring substituents is 2. The Morgan fingerprint density at radius 1 is 1.29 bits per heavy atom. The molecule has 0 amide bonds. The van der Waals surface area contributed by atoms with Gasteiger partial charge in [0, 0.05) is 6.07 Å². The molecule has 114 valence electrons. The smallest absolute Gasteiger partial charge is 0.281 e. The predicted octanol–water partition coefficient (Wildman–Crippen LogP) is 2.02. The lowest BCUT2D eigenvalue weighted by molar-refractivity contribution is -0.394. The minimum absolute atomic E-state index is 0.102. The van der Waals surface area contributed by atoms with E-state index in [1.165, 1.54) is 12.1 Å². The van der Waals surface area contributed by atoms with Crippen molar-refractivity contribution < 1.29 is 14.6 Å². The van der Waals surface area contributed by atoms with E-state index in [9.17, 15) is 20.2 Å². The molecular formula is C13H17N3O5. The summed E-state index contributed by atoms with van der Waals surface area (Å²) in [5.41, 5.74) is -0.193. The maximum absolute atomic E-state index is 11.0. The molecule has 1 aliphatic rings. The molecule has 0 radical (unpaired) electrons. The van der Waals surface area contributed by atoms with Crippen LogP contribution in [0.25, 0.3) is 0 Å². The summed E-state index contributed by atoms with van der Waals surface area (Å²) in [6.45, 7) is 1.04. The fourth-order valence-electron chi connectivity index (χ4n) is 2.43. The van der Waals surface area contributed by atoms with E-state index in [1.54, 1.807) is 0 Å². The van der Waals surface area contributed by atoms with E-state index in [0.29, 0.717) is 11.5 Å². The van der Waals surface area contributed by atoms with Crippen molar-refractivity contribution in [2.24, 2.45) is 5.92 Å². The summed E-state index contributed by atoms with van der Waals surface area (Å²) in [6, 6.07) is 3.62. The lowest BCUT2D eigenvalue weighted by Gasteiger charge is -2.35. The molecule has 0 spiro atoms. The highest BCUT2D eigenvalue weighted by molar-refractivity contribution is 5.48. The maximum Gasteiger partial charge on any atom is 0.281 e. The van der Waals surface area contributed by atoms with Crippen molar-refractivity contribution in [3.05, 3.63) is 44.0 Å². The first-order chi connectivity index (χ1) is 10.0. The van der Waals surface area contributed by atoms with E-state index in [0.717, 1.165) is 25.5 Å². The molecule has 0 bridgehead atoms. The van der Waals surface area contributed by atoms with Crippen LogP contribution in [0.2, 0.25) is 0 Å². The number of nitro groups is 2. The first-order valence-corrected chi connectivity index (χ1v) is 6.69. The van der Waals surface area contributed by atoms with Crippen LogP contribution in [0.1, 0.15) is 18.4 Å². The van der Waals surface area contributed by atoms with Crippen molar-refractivity contribution in [2.45, 2.75) is 25.6 Å². The molecule has 1 aromatic carbocycles. The van der Waals surface area contributed by atoms with Gasteiger partial charge in [0.15, 0.2) is 0 Å². The highest BCUT2D eigenvalue weighted by atomic mass is 16.6. The zero-order chi connectivity index (χ0) is 15.4. The number of ether oxygens (including phenoxy) is 1. The van der Waals surface area contributed by atoms with Crippen LogP contribution in [0.15, 0.2) is 18.2 Å². The lowest BCUT2D eigenvalue weighted by Crippen LogP contribution is -2.36. The van der Waals surface area contributed by atoms with Gasteiger partial charge in [-0.25, -0.2) is 0 Å². The van der Waals surface area contributed by atoms with Gasteiger partial charge in [-0.1, -0.05) is 0 Å². The SMILES string of the molecule is CNCC1CC(OCc2ccc([N+](=O)[O-])cc2[N+](=O)[O-])C1. The van der Waals surface area contributed by atoms with Gasteiger partial charge in [-0.05, 0) is 38.4 Å². The Balaban J connectivity index is 1.97. The summed E-state index contributed by atoms with van der Waals surface area (Å²) in [6.07, 6.45) is 1.97. The number of nitrogens with one attached hydrogen (secondary N) is 1. The fourth-order valence-corrected chi connectivity index (χ4v) is 2.43. The van der Waals surface area contributed by atoms with Gasteiger partial charge in [-0.2, -0.15) is 0 Å². The highest BCUT2D eigenvalue weighted by Gasteiger charge is 2.30. The minimum atomic E-state index is -0.647. The normalized spacial score (nSPS) is 20.8. The van der Waals surface area contributed by atoms with Crippen molar-refractivity contribution in [1.82, 2.24) is 5.32 Å². The second-order valence-corrected chi connectivity index (χ2v) is 5.16. The van der Waals surface area contributed by atoms with Gasteiger partial charge in [0.1, 0.15) is 0 Å². The molecule has 0 aromatic heterocycles. The number of hydrogen-bond donors (Lipinski definition) is 1. The van der Waals surface area contributed by atoms with Crippen molar-refractivity contribution in [3.63, 3.8) is 0 Å². The topological polar surface area (TPSA) is 108 Å². The Morgan fingerprint density at radius 3 is 2.57 bits per heavy atom. The van der Waals surface area contributed by atoms with E-state index in [4.69, 9.17) is 4.74 Å². The zero-order valence-corrected chi connectivity index (χ0v) is 11.7. The molecule has 1 aromatic rings. The molecule has 21 heavy (non-hydrogen) atoms. The number of benzene rings is 1. The van der Waals surface area contributed by atoms with Crippen LogP contribution in [-0.2, 0) is 11.3 Å². The molecule has 0 atom stereocenters. The third-order valence-electron chi connectivity index (χ3n) is 3.64. The van der Waals surface area contributed by atoms with Crippen molar-refractivity contribution in [2.75, 3.05) is 13.6 Å². The standard InChI is InChI=1S/C13H17N3O5/c1-14-7-9-4-12(5-9)21-8-10-2-3-11(15(17)18)6-13(10)16(19)20/h2-3,6,9,12,14H,4-5,7-8H2,1H3. The van der Waals surface area contributed by atoms with Gasteiger partial charge in [-0.3, -0.25) is 20.2 Å². The van der Waals surface area contributed by atoms with Gasteiger partial charge < -0.3 is 10.1 Å². The van der Waals surface area contributed by atoms with Crippen LogP contribution in [0.5, 0.6) is 0 Å². The van der Waals surface area contributed by atoms with Crippen LogP contribution in [0, 0.1) is 26.1 Å². The monoisotopic (exact) mass is 295 g/mol. The van der Waals surface area contributed by atoms with Crippen molar-refractivity contribution in [1.29, 1.82) is 0 Å². The Hall–Kier alpha value is -2.06. The third kappa shape index (κ3) is 3.73. The number of nitrogens with zero attached hydrogens (tertiary/aromatic N) is 2. The second-order valence-electron chi connectivity index (χ2n) is 5.16. The summed E-state index contributed by atoms with van der Waals surface area (Å²) in [5, 5.41) is 24.7. The minimum Gasteiger partial charge on any atom is -0.373 e. The van der Waals surface area contributed by atoms with E-state index in [2.05, 4.69) is 5.32 Å². The number of rotatable bonds is 7. The molecule has 1 N–H and O–H groups in total. The molecule has 1 saturated carbocycles. The Bertz CT molecular complexity index is 543. The van der Waals surface area contributed by atoms with E-state index < -0.39 is 9.85 Å². The van der Waals surface area contributed by atoms with Crippen LogP contribution in [-0.4, -0.2) is 29.5 Å². The Labute approximate surface area is 121 Å². The quantitative estimate of drug-likeness (QED) is 0.609.